The van der Waals surface area contributed by atoms with E-state index in [1.807, 2.05) is 24.3 Å². The van der Waals surface area contributed by atoms with Crippen molar-refractivity contribution in [1.82, 2.24) is 4.90 Å². The van der Waals surface area contributed by atoms with Crippen molar-refractivity contribution in [3.8, 4) is 0 Å². The van der Waals surface area contributed by atoms with E-state index in [2.05, 4.69) is 25.6 Å². The van der Waals surface area contributed by atoms with Crippen LogP contribution in [-0.2, 0) is 16.6 Å². The molecule has 1 aliphatic rings. The molecule has 1 saturated heterocycles. The Morgan fingerprint density at radius 3 is 2.35 bits per heavy atom. The summed E-state index contributed by atoms with van der Waals surface area (Å²) in [6.45, 7) is 3.24. The first-order valence-corrected chi connectivity index (χ1v) is 10.7. The van der Waals surface area contributed by atoms with Crippen LogP contribution in [0.5, 0.6) is 0 Å². The van der Waals surface area contributed by atoms with Crippen molar-refractivity contribution in [2.45, 2.75) is 30.0 Å². The first kappa shape index (κ1) is 17.0. The fraction of sp³-hybridized carbons (Fsp3) is 0.375. The van der Waals surface area contributed by atoms with Crippen molar-refractivity contribution in [3.05, 3.63) is 45.7 Å². The summed E-state index contributed by atoms with van der Waals surface area (Å²) in [5.74, 6) is 0. The minimum absolute atomic E-state index is 0.307. The molecule has 1 aliphatic heterocycles. The molecule has 7 heteroatoms. The van der Waals surface area contributed by atoms with Gasteiger partial charge in [0.1, 0.15) is 4.21 Å². The lowest BCUT2D eigenvalue weighted by atomic mass is 10.1. The topological polar surface area (TPSA) is 49.4 Å². The standard InChI is InChI=1S/C16H19BrN2O2S2/c17-15-8-9-16(22-15)23(20,21)18-14-6-4-13(5-7-14)12-19-10-2-1-3-11-19/h4-9,18H,1-3,10-12H2. The summed E-state index contributed by atoms with van der Waals surface area (Å²) in [5, 5.41) is 0. The number of nitrogens with zero attached hydrogens (tertiary/aromatic N) is 1. The summed E-state index contributed by atoms with van der Waals surface area (Å²) < 4.78 is 28.3. The summed E-state index contributed by atoms with van der Waals surface area (Å²) >= 11 is 4.49. The van der Waals surface area contributed by atoms with Gasteiger partial charge in [-0.1, -0.05) is 18.6 Å². The Hall–Kier alpha value is -0.890. The van der Waals surface area contributed by atoms with E-state index in [1.165, 1.54) is 36.2 Å². The summed E-state index contributed by atoms with van der Waals surface area (Å²) in [6.07, 6.45) is 3.87. The molecule has 0 bridgehead atoms. The van der Waals surface area contributed by atoms with E-state index in [-0.39, 0.29) is 0 Å². The third-order valence-corrected chi connectivity index (χ3v) is 7.37. The third-order valence-electron chi connectivity index (χ3n) is 3.87. The SMILES string of the molecule is O=S(=O)(Nc1ccc(CN2CCCCC2)cc1)c1ccc(Br)s1. The predicted molar refractivity (Wildman–Crippen MR) is 98.4 cm³/mol. The summed E-state index contributed by atoms with van der Waals surface area (Å²) in [4.78, 5) is 2.45. The van der Waals surface area contributed by atoms with Crippen LogP contribution in [-0.4, -0.2) is 26.4 Å². The number of halogens is 1. The van der Waals surface area contributed by atoms with E-state index in [0.717, 1.165) is 23.4 Å². The molecule has 0 unspecified atom stereocenters. The van der Waals surface area contributed by atoms with Crippen LogP contribution in [0.3, 0.4) is 0 Å². The highest BCUT2D eigenvalue weighted by Crippen LogP contribution is 2.27. The molecule has 1 N–H and O–H groups in total. The van der Waals surface area contributed by atoms with Gasteiger partial charge in [0.15, 0.2) is 0 Å². The van der Waals surface area contributed by atoms with Gasteiger partial charge in [-0.3, -0.25) is 9.62 Å². The average Bonchev–Trinajstić information content (AvgIpc) is 2.98. The van der Waals surface area contributed by atoms with Crippen LogP contribution in [0.4, 0.5) is 5.69 Å². The molecule has 0 amide bonds. The van der Waals surface area contributed by atoms with E-state index < -0.39 is 10.0 Å². The van der Waals surface area contributed by atoms with Crippen molar-refractivity contribution < 1.29 is 8.42 Å². The zero-order valence-electron chi connectivity index (χ0n) is 12.7. The molecule has 0 atom stereocenters. The second-order valence-corrected chi connectivity index (χ2v) is 10.1. The molecule has 0 spiro atoms. The molecule has 0 saturated carbocycles. The number of benzene rings is 1. The Labute approximate surface area is 149 Å². The second kappa shape index (κ2) is 7.34. The van der Waals surface area contributed by atoms with Gasteiger partial charge in [0, 0.05) is 12.2 Å². The van der Waals surface area contributed by atoms with Gasteiger partial charge in [0.05, 0.1) is 3.79 Å². The largest absolute Gasteiger partial charge is 0.299 e. The van der Waals surface area contributed by atoms with Crippen LogP contribution in [0.15, 0.2) is 44.4 Å². The van der Waals surface area contributed by atoms with Crippen LogP contribution in [0.2, 0.25) is 0 Å². The average molecular weight is 415 g/mol. The van der Waals surface area contributed by atoms with E-state index in [1.54, 1.807) is 12.1 Å². The number of rotatable bonds is 5. The highest BCUT2D eigenvalue weighted by atomic mass is 79.9. The van der Waals surface area contributed by atoms with Crippen molar-refractivity contribution in [3.63, 3.8) is 0 Å². The Balaban J connectivity index is 1.65. The summed E-state index contributed by atoms with van der Waals surface area (Å²) in [6, 6.07) is 11.0. The normalized spacial score (nSPS) is 16.4. The lowest BCUT2D eigenvalue weighted by Crippen LogP contribution is -2.29. The lowest BCUT2D eigenvalue weighted by molar-refractivity contribution is 0.221. The fourth-order valence-electron chi connectivity index (χ4n) is 2.70. The lowest BCUT2D eigenvalue weighted by Gasteiger charge is -2.26. The van der Waals surface area contributed by atoms with E-state index in [9.17, 15) is 8.42 Å². The molecule has 3 rings (SSSR count). The van der Waals surface area contributed by atoms with Gasteiger partial charge in [-0.15, -0.1) is 11.3 Å². The highest BCUT2D eigenvalue weighted by Gasteiger charge is 2.16. The second-order valence-electron chi connectivity index (χ2n) is 5.70. The zero-order chi connectivity index (χ0) is 16.3. The number of nitrogens with one attached hydrogen (secondary N) is 1. The molecule has 0 aliphatic carbocycles. The van der Waals surface area contributed by atoms with Gasteiger partial charge in [-0.2, -0.15) is 0 Å². The maximum atomic E-state index is 12.3. The van der Waals surface area contributed by atoms with Crippen LogP contribution >= 0.6 is 27.3 Å². The smallest absolute Gasteiger partial charge is 0.271 e. The molecule has 23 heavy (non-hydrogen) atoms. The molecule has 2 aromatic rings. The first-order valence-electron chi connectivity index (χ1n) is 7.62. The minimum Gasteiger partial charge on any atom is -0.299 e. The summed E-state index contributed by atoms with van der Waals surface area (Å²) in [7, 11) is -3.50. The minimum atomic E-state index is -3.50. The van der Waals surface area contributed by atoms with Crippen molar-refractivity contribution in [2.24, 2.45) is 0 Å². The highest BCUT2D eigenvalue weighted by molar-refractivity contribution is 9.11. The molecule has 1 aromatic carbocycles. The number of sulfonamides is 1. The van der Waals surface area contributed by atoms with E-state index in [0.29, 0.717) is 9.90 Å². The van der Waals surface area contributed by atoms with Gasteiger partial charge in [-0.25, -0.2) is 8.42 Å². The molecular formula is C16H19BrN2O2S2. The number of likely N-dealkylation sites (tertiary alicyclic amines) is 1. The van der Waals surface area contributed by atoms with Gasteiger partial charge >= 0.3 is 0 Å². The predicted octanol–water partition coefficient (Wildman–Crippen LogP) is 4.30. The van der Waals surface area contributed by atoms with Gasteiger partial charge < -0.3 is 0 Å². The number of piperidine rings is 1. The van der Waals surface area contributed by atoms with E-state index in [4.69, 9.17) is 0 Å². The Morgan fingerprint density at radius 2 is 1.74 bits per heavy atom. The van der Waals surface area contributed by atoms with Crippen LogP contribution in [0.1, 0.15) is 24.8 Å². The Kier molecular flexibility index (Phi) is 5.41. The van der Waals surface area contributed by atoms with Crippen molar-refractivity contribution in [2.75, 3.05) is 17.8 Å². The number of hydrogen-bond acceptors (Lipinski definition) is 4. The van der Waals surface area contributed by atoms with Crippen molar-refractivity contribution >= 4 is 43.0 Å². The van der Waals surface area contributed by atoms with Crippen LogP contribution in [0, 0.1) is 0 Å². The molecule has 2 heterocycles. The third kappa shape index (κ3) is 4.56. The van der Waals surface area contributed by atoms with Crippen molar-refractivity contribution in [1.29, 1.82) is 0 Å². The monoisotopic (exact) mass is 414 g/mol. The maximum absolute atomic E-state index is 12.3. The molecule has 124 valence electrons. The number of thiophene rings is 1. The van der Waals surface area contributed by atoms with Gasteiger partial charge in [-0.05, 0) is 71.7 Å². The van der Waals surface area contributed by atoms with Crippen LogP contribution < -0.4 is 4.72 Å². The molecule has 4 nitrogen and oxygen atoms in total. The summed E-state index contributed by atoms with van der Waals surface area (Å²) in [5.41, 5.74) is 1.81. The van der Waals surface area contributed by atoms with Crippen LogP contribution in [0.25, 0.3) is 0 Å². The zero-order valence-corrected chi connectivity index (χ0v) is 15.9. The number of anilines is 1. The quantitative estimate of drug-likeness (QED) is 0.793. The Morgan fingerprint density at radius 1 is 1.04 bits per heavy atom. The number of hydrogen-bond donors (Lipinski definition) is 1. The molecular weight excluding hydrogens is 396 g/mol. The van der Waals surface area contributed by atoms with E-state index >= 15 is 0 Å². The molecule has 1 fully saturated rings. The molecule has 1 aromatic heterocycles. The van der Waals surface area contributed by atoms with Gasteiger partial charge in [0.2, 0.25) is 0 Å². The molecule has 0 radical (unpaired) electrons. The first-order chi connectivity index (χ1) is 11.0. The Bertz CT molecular complexity index is 751. The maximum Gasteiger partial charge on any atom is 0.271 e. The van der Waals surface area contributed by atoms with Gasteiger partial charge in [0.25, 0.3) is 10.0 Å². The fourth-order valence-corrected chi connectivity index (χ4v) is 5.77.